The summed E-state index contributed by atoms with van der Waals surface area (Å²) < 4.78 is 28.6. The number of pyridine rings is 1. The van der Waals surface area contributed by atoms with Crippen LogP contribution in [0.4, 0.5) is 10.7 Å². The number of benzene rings is 2. The van der Waals surface area contributed by atoms with Crippen molar-refractivity contribution in [3.63, 3.8) is 0 Å². The van der Waals surface area contributed by atoms with Crippen molar-refractivity contribution in [2.45, 2.75) is 38.6 Å². The number of amides is 3. The van der Waals surface area contributed by atoms with Crippen molar-refractivity contribution in [2.24, 2.45) is 5.73 Å². The van der Waals surface area contributed by atoms with Gasteiger partial charge >= 0.3 is 6.03 Å². The highest BCUT2D eigenvalue weighted by molar-refractivity contribution is 7.90. The normalized spacial score (nSPS) is 11.4. The Hall–Kier alpha value is -4.29. The van der Waals surface area contributed by atoms with Crippen LogP contribution >= 0.6 is 0 Å². The number of aromatic nitrogens is 3. The summed E-state index contributed by atoms with van der Waals surface area (Å²) in [6.45, 7) is 5.78. The van der Waals surface area contributed by atoms with Crippen LogP contribution in [-0.4, -0.2) is 41.4 Å². The highest BCUT2D eigenvalue weighted by atomic mass is 32.2. The van der Waals surface area contributed by atoms with E-state index in [1.165, 1.54) is 19.1 Å². The molecular weight excluding hydrogens is 506 g/mol. The minimum Gasteiger partial charge on any atom is -0.337 e. The molecule has 0 fully saturated rings. The molecule has 0 saturated heterocycles. The molecular formula is C26H29N7O4S. The van der Waals surface area contributed by atoms with E-state index in [2.05, 4.69) is 20.6 Å². The Labute approximate surface area is 220 Å². The van der Waals surface area contributed by atoms with Crippen molar-refractivity contribution in [3.8, 4) is 5.69 Å². The molecule has 11 nitrogen and oxygen atoms in total. The van der Waals surface area contributed by atoms with E-state index in [4.69, 9.17) is 5.73 Å². The van der Waals surface area contributed by atoms with Crippen LogP contribution in [0.2, 0.25) is 0 Å². The van der Waals surface area contributed by atoms with E-state index < -0.39 is 16.1 Å². The fraction of sp³-hybridized carbons (Fsp3) is 0.231. The van der Waals surface area contributed by atoms with Crippen LogP contribution in [0.25, 0.3) is 16.9 Å². The maximum atomic E-state index is 12.4. The molecule has 12 heteroatoms. The summed E-state index contributed by atoms with van der Waals surface area (Å²) in [5.74, 6) is 0.130. The van der Waals surface area contributed by atoms with E-state index in [1.54, 1.807) is 16.7 Å². The van der Waals surface area contributed by atoms with Gasteiger partial charge in [0, 0.05) is 25.7 Å². The van der Waals surface area contributed by atoms with Gasteiger partial charge in [0.05, 0.1) is 10.6 Å². The first-order valence-corrected chi connectivity index (χ1v) is 13.4. The van der Waals surface area contributed by atoms with Gasteiger partial charge in [-0.3, -0.25) is 14.7 Å². The second-order valence-corrected chi connectivity index (χ2v) is 10.5. The molecule has 0 saturated carbocycles. The number of carbonyl (C=O) groups excluding carboxylic acids is 2. The Morgan fingerprint density at radius 3 is 2.26 bits per heavy atom. The van der Waals surface area contributed by atoms with Gasteiger partial charge in [0.15, 0.2) is 5.65 Å². The number of fused-ring (bicyclic) bond motifs is 1. The molecule has 38 heavy (non-hydrogen) atoms. The second-order valence-electron chi connectivity index (χ2n) is 8.83. The maximum Gasteiger partial charge on any atom is 0.328 e. The van der Waals surface area contributed by atoms with Crippen molar-refractivity contribution in [3.05, 3.63) is 77.0 Å². The van der Waals surface area contributed by atoms with Gasteiger partial charge in [-0.15, -0.1) is 0 Å². The summed E-state index contributed by atoms with van der Waals surface area (Å²) >= 11 is 0. The van der Waals surface area contributed by atoms with Gasteiger partial charge in [0.1, 0.15) is 5.52 Å². The van der Waals surface area contributed by atoms with Crippen molar-refractivity contribution < 1.29 is 18.0 Å². The largest absolute Gasteiger partial charge is 0.337 e. The number of nitrogens with zero attached hydrogens (tertiary/aromatic N) is 3. The number of rotatable bonds is 8. The number of sulfonamides is 1. The third kappa shape index (κ3) is 5.98. The van der Waals surface area contributed by atoms with Gasteiger partial charge in [-0.05, 0) is 67.3 Å². The average molecular weight is 536 g/mol. The van der Waals surface area contributed by atoms with Gasteiger partial charge in [-0.2, -0.15) is 0 Å². The molecule has 0 spiro atoms. The monoisotopic (exact) mass is 535 g/mol. The van der Waals surface area contributed by atoms with Crippen molar-refractivity contribution in [1.29, 1.82) is 0 Å². The maximum absolute atomic E-state index is 12.4. The molecule has 2 aromatic carbocycles. The number of imidazole rings is 1. The quantitative estimate of drug-likeness (QED) is 0.270. The summed E-state index contributed by atoms with van der Waals surface area (Å²) in [7, 11) is -3.99. The fourth-order valence-corrected chi connectivity index (χ4v) is 4.93. The molecule has 198 valence electrons. The summed E-state index contributed by atoms with van der Waals surface area (Å²) in [5.41, 5.74) is 11.1. The predicted molar refractivity (Wildman–Crippen MR) is 144 cm³/mol. The van der Waals surface area contributed by atoms with E-state index in [9.17, 15) is 18.0 Å². The first-order chi connectivity index (χ1) is 18.1. The highest BCUT2D eigenvalue weighted by Crippen LogP contribution is 2.26. The van der Waals surface area contributed by atoms with Crippen LogP contribution in [0.5, 0.6) is 0 Å². The minimum atomic E-state index is -3.99. The molecule has 2 aromatic heterocycles. The number of hydrogen-bond acceptors (Lipinski definition) is 7. The molecule has 0 radical (unpaired) electrons. The van der Waals surface area contributed by atoms with E-state index >= 15 is 0 Å². The molecule has 0 unspecified atom stereocenters. The van der Waals surface area contributed by atoms with Crippen LogP contribution in [0.1, 0.15) is 29.3 Å². The van der Waals surface area contributed by atoms with Crippen LogP contribution in [-0.2, 0) is 27.8 Å². The van der Waals surface area contributed by atoms with Crippen LogP contribution in [0.3, 0.4) is 0 Å². The average Bonchev–Trinajstić information content (AvgIpc) is 3.21. The fourth-order valence-electron chi connectivity index (χ4n) is 4.00. The number of anilines is 1. The van der Waals surface area contributed by atoms with Gasteiger partial charge in [-0.25, -0.2) is 27.9 Å². The molecule has 3 amide bonds. The zero-order chi connectivity index (χ0) is 27.4. The van der Waals surface area contributed by atoms with Gasteiger partial charge in [0.25, 0.3) is 10.0 Å². The zero-order valence-electron chi connectivity index (χ0n) is 21.3. The molecule has 0 bridgehead atoms. The smallest absolute Gasteiger partial charge is 0.328 e. The number of aryl methyl sites for hydroxylation is 2. The van der Waals surface area contributed by atoms with Gasteiger partial charge < -0.3 is 11.1 Å². The second kappa shape index (κ2) is 11.0. The highest BCUT2D eigenvalue weighted by Gasteiger charge is 2.18. The molecule has 0 aliphatic rings. The first-order valence-electron chi connectivity index (χ1n) is 11.9. The lowest BCUT2D eigenvalue weighted by molar-refractivity contribution is -0.114. The number of carbonyl (C=O) groups is 2. The van der Waals surface area contributed by atoms with Crippen LogP contribution < -0.4 is 21.1 Å². The third-order valence-corrected chi connectivity index (χ3v) is 7.16. The summed E-state index contributed by atoms with van der Waals surface area (Å²) in [4.78, 5) is 33.2. The number of nitrogens with two attached hydrogens (primary N) is 1. The lowest BCUT2D eigenvalue weighted by atomic mass is 10.1. The van der Waals surface area contributed by atoms with E-state index in [-0.39, 0.29) is 17.3 Å². The van der Waals surface area contributed by atoms with Gasteiger partial charge in [-0.1, -0.05) is 24.3 Å². The Bertz CT molecular complexity index is 1600. The molecule has 4 rings (SSSR count). The van der Waals surface area contributed by atoms with E-state index in [0.717, 1.165) is 28.1 Å². The van der Waals surface area contributed by atoms with Gasteiger partial charge in [0.2, 0.25) is 11.9 Å². The van der Waals surface area contributed by atoms with Crippen molar-refractivity contribution >= 4 is 39.1 Å². The predicted octanol–water partition coefficient (Wildman–Crippen LogP) is 2.69. The lowest BCUT2D eigenvalue weighted by Crippen LogP contribution is -2.40. The van der Waals surface area contributed by atoms with Crippen molar-refractivity contribution in [2.75, 3.05) is 11.9 Å². The zero-order valence-corrected chi connectivity index (χ0v) is 22.1. The first kappa shape index (κ1) is 26.8. The molecule has 0 atom stereocenters. The SMILES string of the molecule is CC(=O)Nc1nc2c(C)cc(C)nc2n1-c1ccc(CCNC(=O)NS(=O)(=O)c2ccc(CN)cc2)cc1. The minimum absolute atomic E-state index is 0.0222. The lowest BCUT2D eigenvalue weighted by Gasteiger charge is -2.11. The molecule has 2 heterocycles. The Balaban J connectivity index is 1.43. The number of urea groups is 1. The van der Waals surface area contributed by atoms with Crippen LogP contribution in [0, 0.1) is 13.8 Å². The molecule has 5 N–H and O–H groups in total. The standard InChI is InChI=1S/C26H29N7O4S/c1-16-14-17(2)29-24-23(16)31-25(30-18(3)34)33(24)21-8-4-19(5-9-21)12-13-28-26(35)32-38(36,37)22-10-6-20(15-27)7-11-22/h4-11,14H,12-13,15,27H2,1-3H3,(H2,28,32,35)(H,30,31,34). The summed E-state index contributed by atoms with van der Waals surface area (Å²) in [6.07, 6.45) is 0.471. The Morgan fingerprint density at radius 2 is 1.63 bits per heavy atom. The third-order valence-electron chi connectivity index (χ3n) is 5.81. The Morgan fingerprint density at radius 1 is 0.974 bits per heavy atom. The molecule has 0 aliphatic carbocycles. The Kier molecular flexibility index (Phi) is 7.74. The summed E-state index contributed by atoms with van der Waals surface area (Å²) in [6, 6.07) is 14.6. The van der Waals surface area contributed by atoms with Crippen molar-refractivity contribution in [1.82, 2.24) is 24.6 Å². The number of hydrogen-bond donors (Lipinski definition) is 4. The molecule has 4 aromatic rings. The summed E-state index contributed by atoms with van der Waals surface area (Å²) in [5, 5.41) is 5.34. The van der Waals surface area contributed by atoms with Crippen LogP contribution in [0.15, 0.2) is 59.5 Å². The van der Waals surface area contributed by atoms with E-state index in [0.29, 0.717) is 30.1 Å². The topological polar surface area (TPSA) is 161 Å². The number of nitrogens with one attached hydrogen (secondary N) is 3. The molecule has 0 aliphatic heterocycles. The van der Waals surface area contributed by atoms with E-state index in [1.807, 2.05) is 48.9 Å².